The van der Waals surface area contributed by atoms with E-state index in [1.165, 1.54) is 40.0 Å². The van der Waals surface area contributed by atoms with E-state index in [-0.39, 0.29) is 0 Å². The van der Waals surface area contributed by atoms with Gasteiger partial charge in [-0.05, 0) is 68.3 Å². The minimum atomic E-state index is -1.77. The van der Waals surface area contributed by atoms with Gasteiger partial charge in [-0.3, -0.25) is 0 Å². The third kappa shape index (κ3) is 6.10. The Balaban J connectivity index is 1.68. The van der Waals surface area contributed by atoms with E-state index in [4.69, 9.17) is 0 Å². The highest BCUT2D eigenvalue weighted by atomic mass is 32.1. The molecule has 0 nitrogen and oxygen atoms in total. The van der Waals surface area contributed by atoms with E-state index in [9.17, 15) is 0 Å². The van der Waals surface area contributed by atoms with E-state index < -0.39 is 16.1 Å². The van der Waals surface area contributed by atoms with E-state index in [2.05, 4.69) is 141 Å². The van der Waals surface area contributed by atoms with Gasteiger partial charge in [0.15, 0.2) is 0 Å². The van der Waals surface area contributed by atoms with E-state index in [1.54, 1.807) is 0 Å². The first-order chi connectivity index (χ1) is 19.7. The molecule has 0 unspecified atom stereocenters. The highest BCUT2D eigenvalue weighted by Gasteiger charge is 2.42. The van der Waals surface area contributed by atoms with Crippen LogP contribution in [0.4, 0.5) is 0 Å². The quantitative estimate of drug-likeness (QED) is 0.130. The summed E-state index contributed by atoms with van der Waals surface area (Å²) < 4.78 is 2.74. The van der Waals surface area contributed by atoms with Gasteiger partial charge in [-0.25, -0.2) is 0 Å². The number of rotatable bonds is 8. The maximum absolute atomic E-state index is 3.94. The summed E-state index contributed by atoms with van der Waals surface area (Å²) in [6.45, 7) is 28.7. The van der Waals surface area contributed by atoms with Crippen molar-refractivity contribution in [1.29, 1.82) is 0 Å². The van der Waals surface area contributed by atoms with Gasteiger partial charge >= 0.3 is 0 Å². The van der Waals surface area contributed by atoms with Crippen molar-refractivity contribution in [3.05, 3.63) is 46.2 Å². The van der Waals surface area contributed by atoms with Crippen LogP contribution in [0.5, 0.6) is 0 Å². The Morgan fingerprint density at radius 1 is 0.500 bits per heavy atom. The Morgan fingerprint density at radius 2 is 0.810 bits per heavy atom. The van der Waals surface area contributed by atoms with Gasteiger partial charge in [-0.1, -0.05) is 94.9 Å². The Kier molecular flexibility index (Phi) is 10.6. The number of thiophene rings is 4. The second-order valence-electron chi connectivity index (χ2n) is 13.6. The lowest BCUT2D eigenvalue weighted by atomic mass is 10.2. The highest BCUT2D eigenvalue weighted by Crippen LogP contribution is 2.46. The third-order valence-electron chi connectivity index (χ3n) is 9.54. The molecule has 0 N–H and O–H groups in total. The maximum atomic E-state index is 3.94. The van der Waals surface area contributed by atoms with E-state index in [0.717, 1.165) is 0 Å². The van der Waals surface area contributed by atoms with Crippen LogP contribution in [0.1, 0.15) is 94.2 Å². The first-order valence-electron chi connectivity index (χ1n) is 15.5. The predicted molar refractivity (Wildman–Crippen MR) is 202 cm³/mol. The molecule has 0 radical (unpaired) electrons. The molecule has 42 heavy (non-hydrogen) atoms. The van der Waals surface area contributed by atoms with Gasteiger partial charge < -0.3 is 0 Å². The first kappa shape index (κ1) is 33.5. The lowest BCUT2D eigenvalue weighted by Crippen LogP contribution is -2.43. The Bertz CT molecular complexity index is 1440. The summed E-state index contributed by atoms with van der Waals surface area (Å²) >= 11 is 7.49. The van der Waals surface area contributed by atoms with Crippen molar-refractivity contribution in [3.63, 3.8) is 0 Å². The van der Waals surface area contributed by atoms with Crippen molar-refractivity contribution >= 4 is 70.9 Å². The zero-order valence-electron chi connectivity index (χ0n) is 27.6. The minimum Gasteiger partial charge on any atom is -0.142 e. The van der Waals surface area contributed by atoms with Crippen LogP contribution in [-0.4, -0.2) is 16.1 Å². The maximum Gasteiger partial charge on any atom is 0.146 e. The lowest BCUT2D eigenvalue weighted by molar-refractivity contribution is 0.838. The number of hydrogen-bond donors (Lipinski definition) is 0. The lowest BCUT2D eigenvalue weighted by Gasteiger charge is -2.38. The van der Waals surface area contributed by atoms with Gasteiger partial charge in [-0.15, -0.1) is 56.4 Å². The fourth-order valence-corrected chi connectivity index (χ4v) is 22.3. The fraction of sp³-hybridized carbons (Fsp3) is 0.500. The average molecular weight is 665 g/mol. The summed E-state index contributed by atoms with van der Waals surface area (Å²) in [7, 11) is -3.53. The van der Waals surface area contributed by atoms with Crippen LogP contribution in [0.3, 0.4) is 0 Å². The molecular weight excluding hydrogens is 617 g/mol. The van der Waals surface area contributed by atoms with Crippen LogP contribution in [0.2, 0.25) is 33.2 Å². The van der Waals surface area contributed by atoms with Crippen LogP contribution in [-0.2, 0) is 0 Å². The van der Waals surface area contributed by atoms with Gasteiger partial charge in [0.2, 0.25) is 0 Å². The number of hydrogen-bond acceptors (Lipinski definition) is 4. The van der Waals surface area contributed by atoms with Crippen LogP contribution in [0.25, 0.3) is 28.9 Å². The second kappa shape index (κ2) is 13.3. The zero-order valence-corrected chi connectivity index (χ0v) is 32.8. The Labute approximate surface area is 274 Å². The average Bonchev–Trinajstić information content (AvgIpc) is 3.66. The van der Waals surface area contributed by atoms with E-state index in [1.807, 2.05) is 45.3 Å². The molecule has 224 valence electrons. The molecule has 0 saturated carbocycles. The van der Waals surface area contributed by atoms with E-state index in [0.29, 0.717) is 33.2 Å². The summed E-state index contributed by atoms with van der Waals surface area (Å²) in [6.07, 6.45) is 0. The molecule has 0 atom stereocenters. The smallest absolute Gasteiger partial charge is 0.142 e. The van der Waals surface area contributed by atoms with Gasteiger partial charge in [0.05, 0.1) is 9.75 Å². The van der Waals surface area contributed by atoms with E-state index >= 15 is 0 Å². The van der Waals surface area contributed by atoms with Crippen molar-refractivity contribution in [1.82, 2.24) is 0 Å². The van der Waals surface area contributed by atoms with Crippen molar-refractivity contribution in [2.75, 3.05) is 0 Å². The molecule has 0 aliphatic heterocycles. The van der Waals surface area contributed by atoms with Gasteiger partial charge in [0.1, 0.15) is 16.1 Å². The fourth-order valence-electron chi connectivity index (χ4n) is 7.47. The summed E-state index contributed by atoms with van der Waals surface area (Å²) in [5, 5.41) is 4.43. The zero-order chi connectivity index (χ0) is 31.0. The summed E-state index contributed by atoms with van der Waals surface area (Å²) in [4.78, 5) is 5.36. The number of fused-ring (bicyclic) bond motifs is 1. The molecule has 6 heteroatoms. The molecule has 0 spiro atoms. The van der Waals surface area contributed by atoms with Crippen molar-refractivity contribution in [3.8, 4) is 42.4 Å². The first-order valence-corrected chi connectivity index (χ1v) is 23.4. The molecule has 0 fully saturated rings. The molecular formula is C36H48S4Si2. The molecule has 0 saturated heterocycles. The summed E-state index contributed by atoms with van der Waals surface area (Å²) in [6, 6.07) is 9.27. The normalized spacial score (nSPS) is 12.7. The van der Waals surface area contributed by atoms with Crippen molar-refractivity contribution < 1.29 is 0 Å². The molecule has 4 aromatic heterocycles. The molecule has 0 aromatic carbocycles. The van der Waals surface area contributed by atoms with Crippen molar-refractivity contribution in [2.24, 2.45) is 0 Å². The largest absolute Gasteiger partial charge is 0.146 e. The van der Waals surface area contributed by atoms with Crippen LogP contribution >= 0.6 is 45.3 Å². The molecule has 4 heterocycles. The van der Waals surface area contributed by atoms with Crippen LogP contribution < -0.4 is 0 Å². The molecule has 4 aromatic rings. The van der Waals surface area contributed by atoms with Gasteiger partial charge in [0, 0.05) is 30.3 Å². The topological polar surface area (TPSA) is 0 Å². The molecule has 0 amide bonds. The predicted octanol–water partition coefficient (Wildman–Crippen LogP) is 13.6. The molecule has 0 aliphatic carbocycles. The highest BCUT2D eigenvalue weighted by molar-refractivity contribution is 7.33. The summed E-state index contributed by atoms with van der Waals surface area (Å²) in [5.41, 5.74) is 14.2. The molecule has 4 rings (SSSR count). The van der Waals surface area contributed by atoms with Crippen LogP contribution in [0, 0.1) is 22.9 Å². The Morgan fingerprint density at radius 3 is 1.10 bits per heavy atom. The van der Waals surface area contributed by atoms with Crippen molar-refractivity contribution in [2.45, 2.75) is 116 Å². The SMILES string of the molecule is CC(C)[Si](C#Cc1ccsc1-c1cc2sc(-c3sccc3C#C[Si](C(C)C)(C(C)C)C(C)C)cc2s1)(C(C)C)C(C)C. The third-order valence-corrected chi connectivity index (χ3v) is 26.6. The second-order valence-corrected chi connectivity index (χ2v) is 28.7. The molecule has 0 aliphatic rings. The van der Waals surface area contributed by atoms with Crippen LogP contribution in [0.15, 0.2) is 35.0 Å². The Hall–Kier alpha value is -1.39. The monoisotopic (exact) mass is 664 g/mol. The molecule has 0 bridgehead atoms. The standard InChI is InChI=1S/C36H48S4Si2/c1-23(2)41(24(3)4,25(5)6)19-15-29-13-17-37-35(29)33-21-31-32(39-33)22-34(40-31)36-30(14-18-38-36)16-20-42(26(7)8,27(9)10)28(11)12/h13-14,17-18,21-28H,1-12H3. The van der Waals surface area contributed by atoms with Gasteiger partial charge in [-0.2, -0.15) is 0 Å². The van der Waals surface area contributed by atoms with Gasteiger partial charge in [0.25, 0.3) is 0 Å². The summed E-state index contributed by atoms with van der Waals surface area (Å²) in [5.74, 6) is 7.45. The minimum absolute atomic E-state index is 0.643.